The van der Waals surface area contributed by atoms with Gasteiger partial charge in [0.25, 0.3) is 0 Å². The molecule has 0 spiro atoms. The molecular formula is C16H25BrN2O. The second-order valence-corrected chi connectivity index (χ2v) is 6.58. The molecule has 112 valence electrons. The minimum absolute atomic E-state index is 0.870. The van der Waals surface area contributed by atoms with E-state index in [-0.39, 0.29) is 0 Å². The van der Waals surface area contributed by atoms with Gasteiger partial charge in [0.1, 0.15) is 5.75 Å². The number of likely N-dealkylation sites (tertiary alicyclic amines) is 1. The molecule has 4 heteroatoms. The predicted molar refractivity (Wildman–Crippen MR) is 87.2 cm³/mol. The van der Waals surface area contributed by atoms with Crippen molar-refractivity contribution in [2.24, 2.45) is 5.92 Å². The van der Waals surface area contributed by atoms with Crippen molar-refractivity contribution in [3.8, 4) is 5.75 Å². The molecule has 2 rings (SSSR count). The third kappa shape index (κ3) is 4.76. The molecule has 0 aromatic heterocycles. The van der Waals surface area contributed by atoms with Crippen molar-refractivity contribution in [1.82, 2.24) is 10.2 Å². The summed E-state index contributed by atoms with van der Waals surface area (Å²) in [5, 5.41) is 3.55. The van der Waals surface area contributed by atoms with Crippen LogP contribution < -0.4 is 10.1 Å². The van der Waals surface area contributed by atoms with Crippen molar-refractivity contribution < 1.29 is 4.74 Å². The molecule has 1 fully saturated rings. The van der Waals surface area contributed by atoms with Gasteiger partial charge in [0.2, 0.25) is 0 Å². The number of halogens is 1. The molecule has 0 atom stereocenters. The number of nitrogens with zero attached hydrogens (tertiary/aromatic N) is 1. The fourth-order valence-corrected chi connectivity index (χ4v) is 3.17. The third-order valence-electron chi connectivity index (χ3n) is 4.13. The fraction of sp³-hybridized carbons (Fsp3) is 0.625. The Hall–Kier alpha value is -0.580. The van der Waals surface area contributed by atoms with Crippen LogP contribution in [0.5, 0.6) is 5.75 Å². The minimum Gasteiger partial charge on any atom is -0.496 e. The Kier molecular flexibility index (Phi) is 6.33. The second-order valence-electron chi connectivity index (χ2n) is 5.67. The first-order chi connectivity index (χ1) is 9.69. The Morgan fingerprint density at radius 2 is 2.10 bits per heavy atom. The van der Waals surface area contributed by atoms with E-state index >= 15 is 0 Å². The second kappa shape index (κ2) is 8.01. The van der Waals surface area contributed by atoms with Gasteiger partial charge in [-0.1, -0.05) is 15.9 Å². The van der Waals surface area contributed by atoms with Crippen molar-refractivity contribution in [3.05, 3.63) is 28.2 Å². The van der Waals surface area contributed by atoms with Crippen LogP contribution in [0, 0.1) is 5.92 Å². The topological polar surface area (TPSA) is 24.5 Å². The van der Waals surface area contributed by atoms with E-state index in [0.717, 1.165) is 29.2 Å². The highest BCUT2D eigenvalue weighted by atomic mass is 79.9. The van der Waals surface area contributed by atoms with Crippen LogP contribution in [-0.2, 0) is 6.54 Å². The number of hydrogen-bond acceptors (Lipinski definition) is 3. The standard InChI is InChI=1S/C16H25BrN2O/c1-19-9-6-13(7-10-19)5-8-18-12-14-11-15(17)3-4-16(14)20-2/h3-4,11,13,18H,5-10,12H2,1-2H3. The molecule has 0 aliphatic carbocycles. The van der Waals surface area contributed by atoms with E-state index in [0.29, 0.717) is 0 Å². The highest BCUT2D eigenvalue weighted by Crippen LogP contribution is 2.23. The highest BCUT2D eigenvalue weighted by molar-refractivity contribution is 9.10. The van der Waals surface area contributed by atoms with Gasteiger partial charge in [-0.2, -0.15) is 0 Å². The molecule has 0 amide bonds. The maximum atomic E-state index is 5.39. The molecule has 1 aromatic rings. The molecule has 1 heterocycles. The monoisotopic (exact) mass is 340 g/mol. The van der Waals surface area contributed by atoms with Gasteiger partial charge in [0.15, 0.2) is 0 Å². The van der Waals surface area contributed by atoms with E-state index in [2.05, 4.69) is 39.3 Å². The van der Waals surface area contributed by atoms with Crippen LogP contribution in [0.4, 0.5) is 0 Å². The molecule has 1 aliphatic heterocycles. The van der Waals surface area contributed by atoms with Crippen LogP contribution in [0.25, 0.3) is 0 Å². The summed E-state index contributed by atoms with van der Waals surface area (Å²) in [6.45, 7) is 4.47. The number of nitrogens with one attached hydrogen (secondary N) is 1. The zero-order valence-electron chi connectivity index (χ0n) is 12.5. The largest absolute Gasteiger partial charge is 0.496 e. The summed E-state index contributed by atoms with van der Waals surface area (Å²) in [5.74, 6) is 1.85. The van der Waals surface area contributed by atoms with Crippen LogP contribution in [0.3, 0.4) is 0 Å². The lowest BCUT2D eigenvalue weighted by Crippen LogP contribution is -2.31. The van der Waals surface area contributed by atoms with Crippen LogP contribution in [-0.4, -0.2) is 38.7 Å². The number of methoxy groups -OCH3 is 1. The van der Waals surface area contributed by atoms with Crippen LogP contribution >= 0.6 is 15.9 Å². The zero-order valence-corrected chi connectivity index (χ0v) is 14.1. The number of benzene rings is 1. The van der Waals surface area contributed by atoms with Crippen molar-refractivity contribution in [3.63, 3.8) is 0 Å². The quantitative estimate of drug-likeness (QED) is 0.804. The van der Waals surface area contributed by atoms with E-state index in [1.165, 1.54) is 37.9 Å². The smallest absolute Gasteiger partial charge is 0.123 e. The summed E-state index contributed by atoms with van der Waals surface area (Å²) >= 11 is 3.51. The van der Waals surface area contributed by atoms with Gasteiger partial charge in [0, 0.05) is 16.6 Å². The molecule has 20 heavy (non-hydrogen) atoms. The van der Waals surface area contributed by atoms with Crippen molar-refractivity contribution >= 4 is 15.9 Å². The molecule has 3 nitrogen and oxygen atoms in total. The molecule has 1 aromatic carbocycles. The zero-order chi connectivity index (χ0) is 14.4. The van der Waals surface area contributed by atoms with Gasteiger partial charge >= 0.3 is 0 Å². The summed E-state index contributed by atoms with van der Waals surface area (Å²) in [4.78, 5) is 2.43. The number of piperidine rings is 1. The number of rotatable bonds is 6. The van der Waals surface area contributed by atoms with Gasteiger partial charge in [-0.15, -0.1) is 0 Å². The lowest BCUT2D eigenvalue weighted by atomic mass is 9.94. The predicted octanol–water partition coefficient (Wildman–Crippen LogP) is 3.28. The average molecular weight is 341 g/mol. The molecule has 1 saturated heterocycles. The van der Waals surface area contributed by atoms with E-state index in [1.54, 1.807) is 7.11 Å². The molecule has 0 unspecified atom stereocenters. The summed E-state index contributed by atoms with van der Waals surface area (Å²) in [7, 11) is 3.94. The SMILES string of the molecule is COc1ccc(Br)cc1CNCCC1CCN(C)CC1. The van der Waals surface area contributed by atoms with Gasteiger partial charge in [-0.05, 0) is 70.1 Å². The average Bonchev–Trinajstić information content (AvgIpc) is 2.46. The minimum atomic E-state index is 0.870. The first kappa shape index (κ1) is 15.8. The van der Waals surface area contributed by atoms with E-state index in [1.807, 2.05) is 12.1 Å². The summed E-state index contributed by atoms with van der Waals surface area (Å²) in [6.07, 6.45) is 3.97. The fourth-order valence-electron chi connectivity index (χ4n) is 2.77. The van der Waals surface area contributed by atoms with Crippen LogP contribution in [0.1, 0.15) is 24.8 Å². The molecule has 1 aliphatic rings. The maximum absolute atomic E-state index is 5.39. The van der Waals surface area contributed by atoms with Gasteiger partial charge in [-0.25, -0.2) is 0 Å². The first-order valence-electron chi connectivity index (χ1n) is 7.40. The normalized spacial score (nSPS) is 17.4. The molecule has 0 radical (unpaired) electrons. The molecule has 0 saturated carbocycles. The van der Waals surface area contributed by atoms with E-state index < -0.39 is 0 Å². The summed E-state index contributed by atoms with van der Waals surface area (Å²) in [6, 6.07) is 6.15. The van der Waals surface area contributed by atoms with Gasteiger partial charge < -0.3 is 15.0 Å². The number of hydrogen-bond donors (Lipinski definition) is 1. The van der Waals surface area contributed by atoms with Gasteiger partial charge in [0.05, 0.1) is 7.11 Å². The van der Waals surface area contributed by atoms with Gasteiger partial charge in [-0.3, -0.25) is 0 Å². The maximum Gasteiger partial charge on any atom is 0.123 e. The Balaban J connectivity index is 1.72. The Labute approximate surface area is 130 Å². The van der Waals surface area contributed by atoms with E-state index in [4.69, 9.17) is 4.74 Å². The van der Waals surface area contributed by atoms with Crippen LogP contribution in [0.15, 0.2) is 22.7 Å². The summed E-state index contributed by atoms with van der Waals surface area (Å²) < 4.78 is 6.50. The lowest BCUT2D eigenvalue weighted by Gasteiger charge is -2.28. The first-order valence-corrected chi connectivity index (χ1v) is 8.20. The summed E-state index contributed by atoms with van der Waals surface area (Å²) in [5.41, 5.74) is 1.21. The van der Waals surface area contributed by atoms with Crippen molar-refractivity contribution in [2.45, 2.75) is 25.8 Å². The lowest BCUT2D eigenvalue weighted by molar-refractivity contribution is 0.211. The molecule has 1 N–H and O–H groups in total. The molecule has 0 bridgehead atoms. The Bertz CT molecular complexity index is 417. The third-order valence-corrected chi connectivity index (χ3v) is 4.62. The van der Waals surface area contributed by atoms with Crippen molar-refractivity contribution in [1.29, 1.82) is 0 Å². The Morgan fingerprint density at radius 3 is 2.80 bits per heavy atom. The molecular weight excluding hydrogens is 316 g/mol. The highest BCUT2D eigenvalue weighted by Gasteiger charge is 2.15. The number of ether oxygens (including phenoxy) is 1. The van der Waals surface area contributed by atoms with Crippen LogP contribution in [0.2, 0.25) is 0 Å². The van der Waals surface area contributed by atoms with E-state index in [9.17, 15) is 0 Å². The van der Waals surface area contributed by atoms with Crippen molar-refractivity contribution in [2.75, 3.05) is 33.8 Å². The Morgan fingerprint density at radius 1 is 1.35 bits per heavy atom.